The first kappa shape index (κ1) is 11.1. The maximum Gasteiger partial charge on any atom is 0.119 e. The van der Waals surface area contributed by atoms with Crippen LogP contribution in [0.5, 0.6) is 0 Å². The van der Waals surface area contributed by atoms with E-state index >= 15 is 0 Å². The van der Waals surface area contributed by atoms with Crippen molar-refractivity contribution in [2.45, 2.75) is 6.92 Å². The summed E-state index contributed by atoms with van der Waals surface area (Å²) in [4.78, 5) is 4.88. The van der Waals surface area contributed by atoms with Crippen molar-refractivity contribution in [3.63, 3.8) is 0 Å². The van der Waals surface area contributed by atoms with Gasteiger partial charge in [-0.3, -0.25) is 4.90 Å². The van der Waals surface area contributed by atoms with Crippen molar-refractivity contribution >= 4 is 23.5 Å². The van der Waals surface area contributed by atoms with E-state index in [1.54, 1.807) is 0 Å². The van der Waals surface area contributed by atoms with Gasteiger partial charge < -0.3 is 4.90 Å². The van der Waals surface area contributed by atoms with E-state index in [1.165, 1.54) is 0 Å². The Morgan fingerprint density at radius 2 is 1.36 bits per heavy atom. The molecule has 0 bridgehead atoms. The standard InChI is InChI=1S/C6H19B3N2/c1-2-10(3-7)6-11(4-8)5-9/h2-9H2,1H3. The quantitative estimate of drug-likeness (QED) is 0.302. The minimum absolute atomic E-state index is 1.12. The van der Waals surface area contributed by atoms with E-state index in [0.29, 0.717) is 0 Å². The molecule has 0 atom stereocenters. The third-order valence-electron chi connectivity index (χ3n) is 2.19. The molecule has 2 nitrogen and oxygen atoms in total. The highest BCUT2D eigenvalue weighted by Gasteiger charge is 2.03. The lowest BCUT2D eigenvalue weighted by atomic mass is 10.1. The zero-order chi connectivity index (χ0) is 8.69. The average molecular weight is 152 g/mol. The first-order chi connectivity index (χ1) is 5.28. The molecular formula is C6H19B3N2. The van der Waals surface area contributed by atoms with Gasteiger partial charge in [0, 0.05) is 6.67 Å². The van der Waals surface area contributed by atoms with Crippen LogP contribution in [0, 0.1) is 0 Å². The largest absolute Gasteiger partial charge is 0.307 e. The van der Waals surface area contributed by atoms with Gasteiger partial charge in [-0.15, -0.1) is 0 Å². The highest BCUT2D eigenvalue weighted by molar-refractivity contribution is 6.11. The molecule has 0 aromatic carbocycles. The topological polar surface area (TPSA) is 6.48 Å². The van der Waals surface area contributed by atoms with Crippen molar-refractivity contribution in [1.29, 1.82) is 0 Å². The molecule has 0 spiro atoms. The Morgan fingerprint density at radius 1 is 0.909 bits per heavy atom. The molecule has 62 valence electrons. The molecule has 11 heavy (non-hydrogen) atoms. The summed E-state index contributed by atoms with van der Waals surface area (Å²) in [5.74, 6) is 0. The van der Waals surface area contributed by atoms with Gasteiger partial charge in [0.15, 0.2) is 0 Å². The first-order valence-electron chi connectivity index (χ1n) is 4.73. The van der Waals surface area contributed by atoms with E-state index in [1.807, 2.05) is 0 Å². The predicted octanol–water partition coefficient (Wildman–Crippen LogP) is -2.66. The molecule has 0 amide bonds. The fraction of sp³-hybridized carbons (Fsp3) is 1.00. The SMILES string of the molecule is BCN(CB)CN(CB)CC. The van der Waals surface area contributed by atoms with Crippen LogP contribution >= 0.6 is 0 Å². The van der Waals surface area contributed by atoms with Crippen LogP contribution in [-0.4, -0.2) is 65.9 Å². The molecule has 0 saturated carbocycles. The van der Waals surface area contributed by atoms with E-state index in [4.69, 9.17) is 0 Å². The third-order valence-corrected chi connectivity index (χ3v) is 2.19. The van der Waals surface area contributed by atoms with E-state index in [0.717, 1.165) is 32.5 Å². The van der Waals surface area contributed by atoms with Gasteiger partial charge in [-0.2, -0.15) is 0 Å². The Labute approximate surface area is 73.5 Å². The number of hydrogen-bond acceptors (Lipinski definition) is 2. The smallest absolute Gasteiger partial charge is 0.119 e. The Balaban J connectivity index is 3.58. The van der Waals surface area contributed by atoms with Crippen molar-refractivity contribution in [3.8, 4) is 0 Å². The van der Waals surface area contributed by atoms with Gasteiger partial charge in [0.25, 0.3) is 0 Å². The van der Waals surface area contributed by atoms with Crippen molar-refractivity contribution in [3.05, 3.63) is 0 Å². The summed E-state index contributed by atoms with van der Waals surface area (Å²) in [7, 11) is 6.65. The summed E-state index contributed by atoms with van der Waals surface area (Å²) >= 11 is 0. The zero-order valence-electron chi connectivity index (χ0n) is 8.43. The molecule has 0 radical (unpaired) electrons. The molecular weight excluding hydrogens is 133 g/mol. The Morgan fingerprint density at radius 3 is 1.64 bits per heavy atom. The lowest BCUT2D eigenvalue weighted by molar-refractivity contribution is 0.193. The summed E-state index contributed by atoms with van der Waals surface area (Å²) < 4.78 is 0. The van der Waals surface area contributed by atoms with Crippen molar-refractivity contribution in [2.24, 2.45) is 0 Å². The summed E-state index contributed by atoms with van der Waals surface area (Å²) in [6.45, 7) is 4.50. The van der Waals surface area contributed by atoms with Gasteiger partial charge in [-0.25, -0.2) is 0 Å². The Kier molecular flexibility index (Phi) is 6.87. The molecule has 0 heterocycles. The molecule has 0 aromatic rings. The number of hydrogen-bond donors (Lipinski definition) is 0. The van der Waals surface area contributed by atoms with E-state index in [2.05, 4.69) is 40.3 Å². The minimum Gasteiger partial charge on any atom is -0.307 e. The maximum absolute atomic E-state index is 2.44. The molecule has 0 aliphatic carbocycles. The summed E-state index contributed by atoms with van der Waals surface area (Å²) in [5.41, 5.74) is 0. The average Bonchev–Trinajstić information content (AvgIpc) is 2.07. The predicted molar refractivity (Wildman–Crippen MR) is 59.3 cm³/mol. The summed E-state index contributed by atoms with van der Waals surface area (Å²) in [5, 5.41) is 0. The first-order valence-corrected chi connectivity index (χ1v) is 4.73. The molecule has 0 aliphatic rings. The highest BCUT2D eigenvalue weighted by Crippen LogP contribution is 1.89. The monoisotopic (exact) mass is 152 g/mol. The lowest BCUT2D eigenvalue weighted by Crippen LogP contribution is -2.39. The minimum atomic E-state index is 1.12. The van der Waals surface area contributed by atoms with E-state index in [9.17, 15) is 0 Å². The van der Waals surface area contributed by atoms with Crippen molar-refractivity contribution in [1.82, 2.24) is 9.80 Å². The fourth-order valence-electron chi connectivity index (χ4n) is 1.13. The second kappa shape index (κ2) is 6.80. The van der Waals surface area contributed by atoms with Crippen LogP contribution < -0.4 is 0 Å². The van der Waals surface area contributed by atoms with Crippen LogP contribution in [-0.2, 0) is 0 Å². The van der Waals surface area contributed by atoms with Gasteiger partial charge in [0.05, 0.1) is 0 Å². The lowest BCUT2D eigenvalue weighted by Gasteiger charge is -2.27. The van der Waals surface area contributed by atoms with Gasteiger partial charge in [-0.05, 0) is 25.9 Å². The van der Waals surface area contributed by atoms with Crippen LogP contribution in [0.4, 0.5) is 0 Å². The van der Waals surface area contributed by atoms with Gasteiger partial charge in [-0.1, -0.05) is 6.92 Å². The van der Waals surface area contributed by atoms with Crippen LogP contribution in [0.15, 0.2) is 0 Å². The molecule has 0 rings (SSSR count). The van der Waals surface area contributed by atoms with Gasteiger partial charge in [0.1, 0.15) is 23.5 Å². The molecule has 0 fully saturated rings. The second-order valence-corrected chi connectivity index (χ2v) is 2.75. The Bertz CT molecular complexity index is 73.9. The molecule has 0 unspecified atom stereocenters. The Hall–Kier alpha value is 0.115. The van der Waals surface area contributed by atoms with Crippen LogP contribution in [0.2, 0.25) is 0 Å². The van der Waals surface area contributed by atoms with E-state index in [-0.39, 0.29) is 0 Å². The van der Waals surface area contributed by atoms with Crippen LogP contribution in [0.3, 0.4) is 0 Å². The normalized spacial score (nSPS) is 11.2. The number of rotatable bonds is 6. The van der Waals surface area contributed by atoms with Crippen molar-refractivity contribution < 1.29 is 0 Å². The third kappa shape index (κ3) is 4.54. The second-order valence-electron chi connectivity index (χ2n) is 2.75. The number of nitrogens with zero attached hydrogens (tertiary/aromatic N) is 2. The maximum atomic E-state index is 2.44. The fourth-order valence-corrected chi connectivity index (χ4v) is 1.13. The van der Waals surface area contributed by atoms with Gasteiger partial charge >= 0.3 is 0 Å². The van der Waals surface area contributed by atoms with Crippen LogP contribution in [0.1, 0.15) is 6.92 Å². The van der Waals surface area contributed by atoms with E-state index < -0.39 is 0 Å². The molecule has 5 heteroatoms. The zero-order valence-corrected chi connectivity index (χ0v) is 8.43. The highest BCUT2D eigenvalue weighted by atomic mass is 15.3. The van der Waals surface area contributed by atoms with Gasteiger partial charge in [0.2, 0.25) is 0 Å². The summed E-state index contributed by atoms with van der Waals surface area (Å²) in [6, 6.07) is 0. The van der Waals surface area contributed by atoms with Crippen molar-refractivity contribution in [2.75, 3.05) is 32.5 Å². The summed E-state index contributed by atoms with van der Waals surface area (Å²) in [6.07, 6.45) is 3.48. The molecule has 0 aliphatic heterocycles. The molecule has 0 saturated heterocycles. The molecule has 0 aromatic heterocycles. The van der Waals surface area contributed by atoms with Crippen LogP contribution in [0.25, 0.3) is 0 Å². The molecule has 0 N–H and O–H groups in total.